The van der Waals surface area contributed by atoms with Gasteiger partial charge in [-0.05, 0) is 31.9 Å². The van der Waals surface area contributed by atoms with E-state index in [-0.39, 0.29) is 18.6 Å². The van der Waals surface area contributed by atoms with E-state index in [1.807, 2.05) is 0 Å². The average molecular weight is 306 g/mol. The SMILES string of the molecule is CCOC(=O)Nc1cccc(OCC(=O)NC2CCCC2)c1. The van der Waals surface area contributed by atoms with Crippen LogP contribution in [0.1, 0.15) is 32.6 Å². The molecule has 1 aromatic rings. The molecule has 0 atom stereocenters. The summed E-state index contributed by atoms with van der Waals surface area (Å²) in [6.07, 6.45) is 3.93. The Morgan fingerprint density at radius 1 is 1.27 bits per heavy atom. The van der Waals surface area contributed by atoms with Crippen LogP contribution in [0.25, 0.3) is 0 Å². The molecule has 1 aliphatic carbocycles. The lowest BCUT2D eigenvalue weighted by Crippen LogP contribution is -2.36. The lowest BCUT2D eigenvalue weighted by Gasteiger charge is -2.13. The topological polar surface area (TPSA) is 76.7 Å². The molecule has 6 nitrogen and oxygen atoms in total. The Morgan fingerprint density at radius 2 is 2.05 bits per heavy atom. The summed E-state index contributed by atoms with van der Waals surface area (Å²) in [7, 11) is 0. The molecule has 1 saturated carbocycles. The molecule has 2 N–H and O–H groups in total. The highest BCUT2D eigenvalue weighted by molar-refractivity contribution is 5.84. The molecule has 0 heterocycles. The van der Waals surface area contributed by atoms with E-state index in [1.165, 1.54) is 12.8 Å². The standard InChI is InChI=1S/C16H22N2O4/c1-2-21-16(20)18-13-8-5-9-14(10-13)22-11-15(19)17-12-6-3-4-7-12/h5,8-10,12H,2-4,6-7,11H2,1H3,(H,17,19)(H,18,20). The first-order valence-electron chi connectivity index (χ1n) is 7.63. The van der Waals surface area contributed by atoms with E-state index >= 15 is 0 Å². The van der Waals surface area contributed by atoms with Gasteiger partial charge in [0, 0.05) is 17.8 Å². The Labute approximate surface area is 130 Å². The molecule has 22 heavy (non-hydrogen) atoms. The van der Waals surface area contributed by atoms with E-state index in [1.54, 1.807) is 31.2 Å². The molecular weight excluding hydrogens is 284 g/mol. The molecule has 2 rings (SSSR count). The van der Waals surface area contributed by atoms with Crippen molar-refractivity contribution >= 4 is 17.7 Å². The minimum atomic E-state index is -0.515. The summed E-state index contributed by atoms with van der Waals surface area (Å²) in [5.41, 5.74) is 0.562. The number of rotatable bonds is 6. The van der Waals surface area contributed by atoms with Crippen LogP contribution in [0.4, 0.5) is 10.5 Å². The molecule has 120 valence electrons. The van der Waals surface area contributed by atoms with Crippen molar-refractivity contribution in [2.45, 2.75) is 38.6 Å². The van der Waals surface area contributed by atoms with Gasteiger partial charge in [0.1, 0.15) is 5.75 Å². The summed E-state index contributed by atoms with van der Waals surface area (Å²) >= 11 is 0. The first-order valence-corrected chi connectivity index (χ1v) is 7.63. The quantitative estimate of drug-likeness (QED) is 0.847. The number of ether oxygens (including phenoxy) is 2. The van der Waals surface area contributed by atoms with Crippen molar-refractivity contribution in [2.75, 3.05) is 18.5 Å². The van der Waals surface area contributed by atoms with Gasteiger partial charge in [-0.2, -0.15) is 0 Å². The highest BCUT2D eigenvalue weighted by Gasteiger charge is 2.17. The Balaban J connectivity index is 1.79. The van der Waals surface area contributed by atoms with Gasteiger partial charge in [0.05, 0.1) is 6.61 Å². The van der Waals surface area contributed by atoms with E-state index < -0.39 is 6.09 Å². The van der Waals surface area contributed by atoms with Gasteiger partial charge in [-0.25, -0.2) is 4.79 Å². The fourth-order valence-electron chi connectivity index (χ4n) is 2.44. The smallest absolute Gasteiger partial charge is 0.411 e. The van der Waals surface area contributed by atoms with Gasteiger partial charge < -0.3 is 14.8 Å². The molecule has 1 aliphatic rings. The molecular formula is C16H22N2O4. The van der Waals surface area contributed by atoms with Crippen LogP contribution in [0.2, 0.25) is 0 Å². The first kappa shape index (κ1) is 16.1. The number of hydrogen-bond acceptors (Lipinski definition) is 4. The molecule has 0 spiro atoms. The molecule has 1 fully saturated rings. The molecule has 0 saturated heterocycles. The fourth-order valence-corrected chi connectivity index (χ4v) is 2.44. The lowest BCUT2D eigenvalue weighted by molar-refractivity contribution is -0.123. The summed E-state index contributed by atoms with van der Waals surface area (Å²) in [6.45, 7) is 2.02. The maximum absolute atomic E-state index is 11.8. The first-order chi connectivity index (χ1) is 10.7. The molecule has 6 heteroatoms. The van der Waals surface area contributed by atoms with Crippen molar-refractivity contribution in [1.82, 2.24) is 5.32 Å². The number of hydrogen-bond donors (Lipinski definition) is 2. The molecule has 0 bridgehead atoms. The third kappa shape index (κ3) is 5.27. The lowest BCUT2D eigenvalue weighted by atomic mass is 10.2. The Hall–Kier alpha value is -2.24. The summed E-state index contributed by atoms with van der Waals surface area (Å²) in [6, 6.07) is 7.14. The number of carbonyl (C=O) groups is 2. The van der Waals surface area contributed by atoms with Crippen LogP contribution in [0.5, 0.6) is 5.75 Å². The van der Waals surface area contributed by atoms with Gasteiger partial charge in [0.2, 0.25) is 0 Å². The third-order valence-electron chi connectivity index (χ3n) is 3.45. The Morgan fingerprint density at radius 3 is 2.77 bits per heavy atom. The second-order valence-corrected chi connectivity index (χ2v) is 5.21. The molecule has 2 amide bonds. The van der Waals surface area contributed by atoms with Crippen molar-refractivity contribution in [3.8, 4) is 5.75 Å². The van der Waals surface area contributed by atoms with Crippen molar-refractivity contribution in [3.63, 3.8) is 0 Å². The summed E-state index contributed by atoms with van der Waals surface area (Å²) in [5.74, 6) is 0.409. The minimum Gasteiger partial charge on any atom is -0.484 e. The molecule has 0 aliphatic heterocycles. The van der Waals surface area contributed by atoms with Crippen LogP contribution in [-0.2, 0) is 9.53 Å². The van der Waals surface area contributed by atoms with Crippen LogP contribution < -0.4 is 15.4 Å². The highest BCUT2D eigenvalue weighted by atomic mass is 16.5. The average Bonchev–Trinajstić information content (AvgIpc) is 2.98. The zero-order valence-electron chi connectivity index (χ0n) is 12.8. The van der Waals surface area contributed by atoms with E-state index in [0.717, 1.165) is 12.8 Å². The van der Waals surface area contributed by atoms with Gasteiger partial charge in [0.25, 0.3) is 5.91 Å². The van der Waals surface area contributed by atoms with E-state index in [0.29, 0.717) is 18.0 Å². The van der Waals surface area contributed by atoms with Gasteiger partial charge >= 0.3 is 6.09 Å². The Bertz CT molecular complexity index is 513. The van der Waals surface area contributed by atoms with Crippen LogP contribution in [-0.4, -0.2) is 31.3 Å². The van der Waals surface area contributed by atoms with Crippen molar-refractivity contribution in [1.29, 1.82) is 0 Å². The monoisotopic (exact) mass is 306 g/mol. The van der Waals surface area contributed by atoms with Crippen molar-refractivity contribution in [2.24, 2.45) is 0 Å². The second kappa shape index (κ2) is 8.26. The normalized spacial score (nSPS) is 14.4. The van der Waals surface area contributed by atoms with Crippen LogP contribution in [0.3, 0.4) is 0 Å². The third-order valence-corrected chi connectivity index (χ3v) is 3.45. The zero-order chi connectivity index (χ0) is 15.8. The number of amides is 2. The number of carbonyl (C=O) groups excluding carboxylic acids is 2. The largest absolute Gasteiger partial charge is 0.484 e. The zero-order valence-corrected chi connectivity index (χ0v) is 12.8. The highest BCUT2D eigenvalue weighted by Crippen LogP contribution is 2.19. The summed E-state index contributed by atoms with van der Waals surface area (Å²) in [5, 5.41) is 5.55. The van der Waals surface area contributed by atoms with Crippen molar-refractivity contribution < 1.29 is 19.1 Å². The number of benzene rings is 1. The van der Waals surface area contributed by atoms with Gasteiger partial charge in [0.15, 0.2) is 6.61 Å². The van der Waals surface area contributed by atoms with Crippen molar-refractivity contribution in [3.05, 3.63) is 24.3 Å². The summed E-state index contributed by atoms with van der Waals surface area (Å²) in [4.78, 5) is 23.1. The predicted molar refractivity (Wildman–Crippen MR) is 83.0 cm³/mol. The molecule has 1 aromatic carbocycles. The fraction of sp³-hybridized carbons (Fsp3) is 0.500. The predicted octanol–water partition coefficient (Wildman–Crippen LogP) is 2.69. The maximum atomic E-state index is 11.8. The van der Waals surface area contributed by atoms with E-state index in [4.69, 9.17) is 9.47 Å². The van der Waals surface area contributed by atoms with E-state index in [9.17, 15) is 9.59 Å². The number of anilines is 1. The Kier molecular flexibility index (Phi) is 6.06. The van der Waals surface area contributed by atoms with Gasteiger partial charge in [-0.3, -0.25) is 10.1 Å². The van der Waals surface area contributed by atoms with Gasteiger partial charge in [-0.1, -0.05) is 18.9 Å². The van der Waals surface area contributed by atoms with Crippen LogP contribution >= 0.6 is 0 Å². The summed E-state index contributed by atoms with van der Waals surface area (Å²) < 4.78 is 10.3. The maximum Gasteiger partial charge on any atom is 0.411 e. The molecule has 0 aromatic heterocycles. The van der Waals surface area contributed by atoms with E-state index in [2.05, 4.69) is 10.6 Å². The molecule has 0 radical (unpaired) electrons. The van der Waals surface area contributed by atoms with Gasteiger partial charge in [-0.15, -0.1) is 0 Å². The van der Waals surface area contributed by atoms with Crippen LogP contribution in [0, 0.1) is 0 Å². The van der Waals surface area contributed by atoms with Crippen LogP contribution in [0.15, 0.2) is 24.3 Å². The number of nitrogens with one attached hydrogen (secondary N) is 2. The molecule has 0 unspecified atom stereocenters. The second-order valence-electron chi connectivity index (χ2n) is 5.21. The minimum absolute atomic E-state index is 0.0284.